The van der Waals surface area contributed by atoms with E-state index in [1.807, 2.05) is 37.4 Å². The number of rotatable bonds is 11. The standard InChI is InChI=1S/C36H31F2N5O4/c1-3-39-24-7-5-6-22(18-24)28-21-41-35-34(28)32(14-16-40-35)47-31-13-10-25(19-29(31)38)42-33(44)20-27-30(46-4-2)15-17-43(36(27)45)26-11-8-23(37)9-12-26/h5-19,21,39H,3-4,20H2,1-2H3,(H,40,41)(H,42,44). The SMILES string of the molecule is CCNc1cccc(-c2c[nH]c3nccc(Oc4ccc(NC(=O)Cc5c(OCC)ccn(-c6ccc(F)cc6)c5=O)cc4F)c23)c1. The first-order chi connectivity index (χ1) is 22.8. The molecular weight excluding hydrogens is 604 g/mol. The van der Waals surface area contributed by atoms with Gasteiger partial charge in [0, 0.05) is 53.8 Å². The minimum absolute atomic E-state index is 0.0482. The lowest BCUT2D eigenvalue weighted by atomic mass is 10.0. The van der Waals surface area contributed by atoms with Crippen LogP contribution in [0.5, 0.6) is 17.2 Å². The number of anilines is 2. The number of aromatic nitrogens is 3. The molecule has 0 spiro atoms. The van der Waals surface area contributed by atoms with Gasteiger partial charge in [-0.05, 0) is 80.1 Å². The lowest BCUT2D eigenvalue weighted by Crippen LogP contribution is -2.26. The summed E-state index contributed by atoms with van der Waals surface area (Å²) in [4.78, 5) is 34.0. The molecule has 0 bridgehead atoms. The van der Waals surface area contributed by atoms with Crippen LogP contribution in [0, 0.1) is 11.6 Å². The van der Waals surface area contributed by atoms with Crippen molar-refractivity contribution in [2.75, 3.05) is 23.8 Å². The largest absolute Gasteiger partial charge is 0.493 e. The van der Waals surface area contributed by atoms with Crippen molar-refractivity contribution >= 4 is 28.3 Å². The van der Waals surface area contributed by atoms with E-state index in [9.17, 15) is 14.0 Å². The molecule has 0 aliphatic heterocycles. The molecule has 0 saturated heterocycles. The zero-order chi connectivity index (χ0) is 32.9. The predicted molar refractivity (Wildman–Crippen MR) is 178 cm³/mol. The van der Waals surface area contributed by atoms with Gasteiger partial charge in [-0.25, -0.2) is 13.8 Å². The number of carbonyl (C=O) groups is 1. The number of ether oxygens (including phenoxy) is 2. The first-order valence-corrected chi connectivity index (χ1v) is 15.1. The average Bonchev–Trinajstić information content (AvgIpc) is 3.50. The molecule has 0 unspecified atom stereocenters. The Hall–Kier alpha value is -5.97. The molecule has 3 N–H and O–H groups in total. The van der Waals surface area contributed by atoms with Crippen LogP contribution in [0.3, 0.4) is 0 Å². The van der Waals surface area contributed by atoms with Crippen molar-refractivity contribution in [3.63, 3.8) is 0 Å². The molecule has 6 rings (SSSR count). The van der Waals surface area contributed by atoms with Gasteiger partial charge in [0.2, 0.25) is 5.91 Å². The number of fused-ring (bicyclic) bond motifs is 1. The van der Waals surface area contributed by atoms with E-state index in [0.29, 0.717) is 22.5 Å². The number of H-pyrrole nitrogens is 1. The molecule has 11 heteroatoms. The number of nitrogens with zero attached hydrogens (tertiary/aromatic N) is 2. The van der Waals surface area contributed by atoms with Crippen LogP contribution in [-0.2, 0) is 11.2 Å². The van der Waals surface area contributed by atoms with Gasteiger partial charge in [0.1, 0.15) is 23.0 Å². The molecule has 9 nitrogen and oxygen atoms in total. The van der Waals surface area contributed by atoms with Gasteiger partial charge in [-0.2, -0.15) is 0 Å². The summed E-state index contributed by atoms with van der Waals surface area (Å²) in [5.74, 6) is -1.09. The van der Waals surface area contributed by atoms with Crippen molar-refractivity contribution < 1.29 is 23.0 Å². The fraction of sp³-hybridized carbons (Fsp3) is 0.139. The molecule has 238 valence electrons. The van der Waals surface area contributed by atoms with Crippen LogP contribution < -0.4 is 25.7 Å². The Morgan fingerprint density at radius 2 is 1.77 bits per heavy atom. The summed E-state index contributed by atoms with van der Waals surface area (Å²) in [5, 5.41) is 6.64. The fourth-order valence-corrected chi connectivity index (χ4v) is 5.31. The summed E-state index contributed by atoms with van der Waals surface area (Å²) in [5.41, 5.74) is 3.55. The Morgan fingerprint density at radius 3 is 2.53 bits per heavy atom. The second-order valence-electron chi connectivity index (χ2n) is 10.6. The summed E-state index contributed by atoms with van der Waals surface area (Å²) in [6.45, 7) is 4.84. The number of pyridine rings is 2. The van der Waals surface area contributed by atoms with Crippen LogP contribution in [0.1, 0.15) is 19.4 Å². The Kier molecular flexibility index (Phi) is 8.96. The number of hydrogen-bond donors (Lipinski definition) is 3. The molecule has 3 heterocycles. The molecule has 47 heavy (non-hydrogen) atoms. The lowest BCUT2D eigenvalue weighted by molar-refractivity contribution is -0.115. The molecule has 0 aliphatic rings. The Morgan fingerprint density at radius 1 is 0.936 bits per heavy atom. The maximum Gasteiger partial charge on any atom is 0.262 e. The molecule has 1 amide bonds. The molecule has 0 radical (unpaired) electrons. The third kappa shape index (κ3) is 6.69. The van der Waals surface area contributed by atoms with E-state index >= 15 is 4.39 Å². The normalized spacial score (nSPS) is 11.0. The van der Waals surface area contributed by atoms with E-state index in [-0.39, 0.29) is 35.8 Å². The Labute approximate surface area is 268 Å². The van der Waals surface area contributed by atoms with Crippen LogP contribution >= 0.6 is 0 Å². The van der Waals surface area contributed by atoms with Crippen molar-refractivity contribution in [2.45, 2.75) is 20.3 Å². The molecular formula is C36H31F2N5O4. The maximum absolute atomic E-state index is 15.4. The van der Waals surface area contributed by atoms with Gasteiger partial charge in [-0.15, -0.1) is 0 Å². The number of amides is 1. The third-order valence-corrected chi connectivity index (χ3v) is 7.42. The molecule has 0 fully saturated rings. The fourth-order valence-electron chi connectivity index (χ4n) is 5.31. The van der Waals surface area contributed by atoms with Crippen LogP contribution in [0.2, 0.25) is 0 Å². The predicted octanol–water partition coefficient (Wildman–Crippen LogP) is 7.46. The summed E-state index contributed by atoms with van der Waals surface area (Å²) < 4.78 is 41.8. The van der Waals surface area contributed by atoms with Crippen molar-refractivity contribution in [3.05, 3.63) is 125 Å². The summed E-state index contributed by atoms with van der Waals surface area (Å²) >= 11 is 0. The van der Waals surface area contributed by atoms with Gasteiger partial charge in [0.15, 0.2) is 11.6 Å². The van der Waals surface area contributed by atoms with Gasteiger partial charge in [-0.1, -0.05) is 12.1 Å². The smallest absolute Gasteiger partial charge is 0.262 e. The molecule has 6 aromatic rings. The van der Waals surface area contributed by atoms with E-state index in [4.69, 9.17) is 9.47 Å². The van der Waals surface area contributed by atoms with E-state index in [1.54, 1.807) is 25.3 Å². The second kappa shape index (κ2) is 13.6. The van der Waals surface area contributed by atoms with Gasteiger partial charge < -0.3 is 25.1 Å². The van der Waals surface area contributed by atoms with E-state index < -0.39 is 23.1 Å². The molecule has 3 aromatic carbocycles. The number of nitrogens with one attached hydrogen (secondary N) is 3. The monoisotopic (exact) mass is 635 g/mol. The van der Waals surface area contributed by atoms with Gasteiger partial charge in [-0.3, -0.25) is 14.2 Å². The molecule has 0 aliphatic carbocycles. The Balaban J connectivity index is 1.22. The summed E-state index contributed by atoms with van der Waals surface area (Å²) in [6.07, 6.45) is 4.58. The van der Waals surface area contributed by atoms with E-state index in [0.717, 1.165) is 29.4 Å². The van der Waals surface area contributed by atoms with E-state index in [1.165, 1.54) is 47.2 Å². The maximum atomic E-state index is 15.4. The van der Waals surface area contributed by atoms with Crippen LogP contribution in [0.25, 0.3) is 27.8 Å². The Bertz CT molecular complexity index is 2130. The van der Waals surface area contributed by atoms with Gasteiger partial charge >= 0.3 is 0 Å². The highest BCUT2D eigenvalue weighted by molar-refractivity contribution is 5.98. The van der Waals surface area contributed by atoms with E-state index in [2.05, 4.69) is 20.6 Å². The average molecular weight is 636 g/mol. The first kappa shape index (κ1) is 31.0. The van der Waals surface area contributed by atoms with Crippen molar-refractivity contribution in [2.24, 2.45) is 0 Å². The summed E-state index contributed by atoms with van der Waals surface area (Å²) in [7, 11) is 0. The van der Waals surface area contributed by atoms with Crippen molar-refractivity contribution in [1.82, 2.24) is 14.5 Å². The zero-order valence-electron chi connectivity index (χ0n) is 25.6. The lowest BCUT2D eigenvalue weighted by Gasteiger charge is -2.14. The van der Waals surface area contributed by atoms with Crippen molar-refractivity contribution in [3.8, 4) is 34.1 Å². The minimum Gasteiger partial charge on any atom is -0.493 e. The van der Waals surface area contributed by atoms with Crippen molar-refractivity contribution in [1.29, 1.82) is 0 Å². The number of benzene rings is 3. The van der Waals surface area contributed by atoms with Crippen LogP contribution in [-0.4, -0.2) is 33.6 Å². The highest BCUT2D eigenvalue weighted by atomic mass is 19.1. The summed E-state index contributed by atoms with van der Waals surface area (Å²) in [6, 6.07) is 20.7. The number of aromatic amines is 1. The molecule has 0 saturated carbocycles. The van der Waals surface area contributed by atoms with Crippen LogP contribution in [0.15, 0.2) is 102 Å². The number of carbonyl (C=O) groups excluding carboxylic acids is 1. The van der Waals surface area contributed by atoms with Gasteiger partial charge in [0.05, 0.1) is 24.0 Å². The molecule has 3 aromatic heterocycles. The first-order valence-electron chi connectivity index (χ1n) is 15.1. The van der Waals surface area contributed by atoms with Crippen LogP contribution in [0.4, 0.5) is 20.2 Å². The number of hydrogen-bond acceptors (Lipinski definition) is 6. The zero-order valence-corrected chi connectivity index (χ0v) is 25.6. The minimum atomic E-state index is -0.702. The molecule has 0 atom stereocenters. The van der Waals surface area contributed by atoms with Gasteiger partial charge in [0.25, 0.3) is 5.56 Å². The number of halogens is 2. The second-order valence-corrected chi connectivity index (χ2v) is 10.6. The topological polar surface area (TPSA) is 110 Å². The third-order valence-electron chi connectivity index (χ3n) is 7.42. The highest BCUT2D eigenvalue weighted by Crippen LogP contribution is 2.38. The highest BCUT2D eigenvalue weighted by Gasteiger charge is 2.19. The quantitative estimate of drug-likeness (QED) is 0.136.